The molecule has 0 unspecified atom stereocenters. The van der Waals surface area contributed by atoms with Gasteiger partial charge in [0, 0.05) is 31.3 Å². The van der Waals surface area contributed by atoms with E-state index in [9.17, 15) is 12.8 Å². The second-order valence-electron chi connectivity index (χ2n) is 8.56. The zero-order valence-corrected chi connectivity index (χ0v) is 20.8. The van der Waals surface area contributed by atoms with Crippen molar-refractivity contribution in [2.45, 2.75) is 38.2 Å². The number of halogens is 1. The van der Waals surface area contributed by atoms with Crippen molar-refractivity contribution in [1.29, 1.82) is 0 Å². The fraction of sp³-hybridized carbons (Fsp3) is 0.259. The molecule has 0 aliphatic rings. The number of nitrogens with zero attached hydrogens (tertiary/aromatic N) is 3. The molecule has 2 aromatic carbocycles. The fourth-order valence-electron chi connectivity index (χ4n) is 3.65. The zero-order chi connectivity index (χ0) is 25.4. The van der Waals surface area contributed by atoms with E-state index in [1.165, 1.54) is 24.0 Å². The Balaban J connectivity index is 1.19. The van der Waals surface area contributed by atoms with Crippen LogP contribution in [-0.2, 0) is 35.2 Å². The molecule has 36 heavy (non-hydrogen) atoms. The van der Waals surface area contributed by atoms with Crippen molar-refractivity contribution < 1.29 is 22.0 Å². The number of aromatic nitrogens is 3. The average molecular weight is 510 g/mol. The van der Waals surface area contributed by atoms with Crippen LogP contribution in [0.5, 0.6) is 5.75 Å². The van der Waals surface area contributed by atoms with Crippen molar-refractivity contribution in [2.75, 3.05) is 6.26 Å². The van der Waals surface area contributed by atoms with Crippen molar-refractivity contribution in [1.82, 2.24) is 14.5 Å². The average Bonchev–Trinajstić information content (AvgIpc) is 3.49. The lowest BCUT2D eigenvalue weighted by Gasteiger charge is -2.08. The molecule has 0 spiro atoms. The summed E-state index contributed by atoms with van der Waals surface area (Å²) in [7, 11) is -3.10. The molecule has 0 atom stereocenters. The molecule has 188 valence electrons. The number of unbranched alkanes of at least 4 members (excludes halogenated alkanes) is 1. The van der Waals surface area contributed by atoms with Gasteiger partial charge in [0.1, 0.15) is 41.7 Å². The minimum absolute atomic E-state index is 0.0379. The largest absolute Gasteiger partial charge is 0.487 e. The van der Waals surface area contributed by atoms with Crippen LogP contribution in [0, 0.1) is 5.82 Å². The SMILES string of the molecule is CS(=O)(=O)Cc1nccn1CCCCc1ccc(OCc2coc(C=Cc3ccc(F)cc3)n2)cc1. The molecular weight excluding hydrogens is 481 g/mol. The van der Waals surface area contributed by atoms with Gasteiger partial charge in [-0.1, -0.05) is 24.3 Å². The maximum atomic E-state index is 13.0. The first kappa shape index (κ1) is 25.4. The van der Waals surface area contributed by atoms with Crippen LogP contribution in [0.3, 0.4) is 0 Å². The fourth-order valence-corrected chi connectivity index (χ4v) is 4.36. The molecule has 0 amide bonds. The highest BCUT2D eigenvalue weighted by molar-refractivity contribution is 7.89. The van der Waals surface area contributed by atoms with Gasteiger partial charge in [-0.2, -0.15) is 0 Å². The van der Waals surface area contributed by atoms with E-state index in [-0.39, 0.29) is 18.2 Å². The van der Waals surface area contributed by atoms with Gasteiger partial charge in [0.05, 0.1) is 0 Å². The second-order valence-corrected chi connectivity index (χ2v) is 10.7. The first-order valence-corrected chi connectivity index (χ1v) is 13.7. The molecule has 0 saturated heterocycles. The summed E-state index contributed by atoms with van der Waals surface area (Å²) in [5.74, 6) is 1.47. The Morgan fingerprint density at radius 1 is 1.06 bits per heavy atom. The van der Waals surface area contributed by atoms with Crippen LogP contribution in [0.15, 0.2) is 71.6 Å². The number of hydrogen-bond acceptors (Lipinski definition) is 6. The van der Waals surface area contributed by atoms with Gasteiger partial charge >= 0.3 is 0 Å². The third-order valence-corrected chi connectivity index (χ3v) is 6.26. The third-order valence-electron chi connectivity index (χ3n) is 5.48. The van der Waals surface area contributed by atoms with Crippen LogP contribution in [0.1, 0.15) is 41.4 Å². The van der Waals surface area contributed by atoms with E-state index in [0.29, 0.717) is 17.4 Å². The van der Waals surface area contributed by atoms with Gasteiger partial charge in [-0.15, -0.1) is 0 Å². The van der Waals surface area contributed by atoms with E-state index in [0.717, 1.165) is 37.1 Å². The summed E-state index contributed by atoms with van der Waals surface area (Å²) in [5, 5.41) is 0. The van der Waals surface area contributed by atoms with E-state index in [1.807, 2.05) is 35.0 Å². The lowest BCUT2D eigenvalue weighted by Crippen LogP contribution is -2.09. The Bertz CT molecular complexity index is 1390. The van der Waals surface area contributed by atoms with Gasteiger partial charge in [0.15, 0.2) is 9.84 Å². The van der Waals surface area contributed by atoms with Crippen LogP contribution >= 0.6 is 0 Å². The van der Waals surface area contributed by atoms with Crippen molar-refractivity contribution in [3.63, 3.8) is 0 Å². The third kappa shape index (κ3) is 7.91. The molecule has 2 heterocycles. The molecule has 9 heteroatoms. The normalized spacial score (nSPS) is 11.8. The summed E-state index contributed by atoms with van der Waals surface area (Å²) >= 11 is 0. The van der Waals surface area contributed by atoms with Crippen LogP contribution < -0.4 is 4.74 Å². The van der Waals surface area contributed by atoms with Gasteiger partial charge in [-0.05, 0) is 60.7 Å². The second kappa shape index (κ2) is 11.8. The maximum Gasteiger partial charge on any atom is 0.218 e. The number of benzene rings is 2. The summed E-state index contributed by atoms with van der Waals surface area (Å²) in [6.07, 6.45) is 12.6. The molecule has 0 fully saturated rings. The summed E-state index contributed by atoms with van der Waals surface area (Å²) < 4.78 is 49.2. The van der Waals surface area contributed by atoms with Crippen LogP contribution in [-0.4, -0.2) is 29.2 Å². The van der Waals surface area contributed by atoms with Gasteiger partial charge in [-0.25, -0.2) is 22.8 Å². The molecule has 0 saturated carbocycles. The number of ether oxygens (including phenoxy) is 1. The van der Waals surface area contributed by atoms with Gasteiger partial charge < -0.3 is 13.7 Å². The molecule has 4 rings (SSSR count). The number of hydrogen-bond donors (Lipinski definition) is 0. The first-order valence-electron chi connectivity index (χ1n) is 11.6. The summed E-state index contributed by atoms with van der Waals surface area (Å²) in [6, 6.07) is 14.1. The van der Waals surface area contributed by atoms with E-state index >= 15 is 0 Å². The van der Waals surface area contributed by atoms with E-state index in [1.54, 1.807) is 36.7 Å². The lowest BCUT2D eigenvalue weighted by molar-refractivity contribution is 0.301. The summed E-state index contributed by atoms with van der Waals surface area (Å²) in [5.41, 5.74) is 2.73. The Kier molecular flexibility index (Phi) is 8.32. The lowest BCUT2D eigenvalue weighted by atomic mass is 10.1. The number of rotatable bonds is 12. The molecular formula is C27H28FN3O4S. The number of imidazole rings is 1. The van der Waals surface area contributed by atoms with E-state index in [2.05, 4.69) is 9.97 Å². The monoisotopic (exact) mass is 509 g/mol. The van der Waals surface area contributed by atoms with E-state index < -0.39 is 9.84 Å². The smallest absolute Gasteiger partial charge is 0.218 e. The van der Waals surface area contributed by atoms with Gasteiger partial charge in [-0.3, -0.25) is 0 Å². The molecule has 4 aromatic rings. The molecule has 0 aliphatic carbocycles. The van der Waals surface area contributed by atoms with Crippen LogP contribution in [0.4, 0.5) is 4.39 Å². The maximum absolute atomic E-state index is 13.0. The minimum atomic E-state index is -3.10. The summed E-state index contributed by atoms with van der Waals surface area (Å²) in [4.78, 5) is 8.54. The topological polar surface area (TPSA) is 87.2 Å². The Labute approximate surface area is 210 Å². The summed E-state index contributed by atoms with van der Waals surface area (Å²) in [6.45, 7) is 1.03. The minimum Gasteiger partial charge on any atom is -0.487 e. The molecule has 0 radical (unpaired) electrons. The zero-order valence-electron chi connectivity index (χ0n) is 20.0. The van der Waals surface area contributed by atoms with Crippen molar-refractivity contribution in [3.8, 4) is 5.75 Å². The Morgan fingerprint density at radius 2 is 1.83 bits per heavy atom. The molecule has 0 N–H and O–H groups in total. The van der Waals surface area contributed by atoms with Crippen LogP contribution in [0.25, 0.3) is 12.2 Å². The Morgan fingerprint density at radius 3 is 2.58 bits per heavy atom. The van der Waals surface area contributed by atoms with Gasteiger partial charge in [0.2, 0.25) is 5.89 Å². The Hall–Kier alpha value is -3.72. The number of aryl methyl sites for hydroxylation is 2. The standard InChI is InChI=1S/C27H28FN3O4S/c1-36(32,33)20-26-29-15-17-31(26)16-3-2-4-21-7-12-25(13-8-21)34-18-24-19-35-27(30-24)14-9-22-5-10-23(28)11-6-22/h5-15,17,19H,2-4,16,18,20H2,1H3. The first-order chi connectivity index (χ1) is 17.3. The van der Waals surface area contributed by atoms with Crippen molar-refractivity contribution >= 4 is 22.0 Å². The molecule has 2 aromatic heterocycles. The predicted octanol–water partition coefficient (Wildman–Crippen LogP) is 5.33. The highest BCUT2D eigenvalue weighted by Gasteiger charge is 2.10. The predicted molar refractivity (Wildman–Crippen MR) is 136 cm³/mol. The molecule has 7 nitrogen and oxygen atoms in total. The van der Waals surface area contributed by atoms with Gasteiger partial charge in [0.25, 0.3) is 0 Å². The highest BCUT2D eigenvalue weighted by Crippen LogP contribution is 2.17. The van der Waals surface area contributed by atoms with Crippen molar-refractivity contribution in [2.24, 2.45) is 0 Å². The van der Waals surface area contributed by atoms with Crippen molar-refractivity contribution in [3.05, 3.63) is 102 Å². The number of sulfone groups is 1. The highest BCUT2D eigenvalue weighted by atomic mass is 32.2. The molecule has 0 bridgehead atoms. The molecule has 0 aliphatic heterocycles. The number of oxazole rings is 1. The van der Waals surface area contributed by atoms with Crippen LogP contribution in [0.2, 0.25) is 0 Å². The quantitative estimate of drug-likeness (QED) is 0.240. The van der Waals surface area contributed by atoms with E-state index in [4.69, 9.17) is 9.15 Å².